The van der Waals surface area contributed by atoms with Crippen LogP contribution in [-0.4, -0.2) is 42.0 Å². The van der Waals surface area contributed by atoms with E-state index in [1.54, 1.807) is 11.3 Å². The van der Waals surface area contributed by atoms with Gasteiger partial charge < -0.3 is 10.2 Å². The lowest BCUT2D eigenvalue weighted by Gasteiger charge is -2.34. The zero-order valence-corrected chi connectivity index (χ0v) is 16.8. The summed E-state index contributed by atoms with van der Waals surface area (Å²) in [5, 5.41) is 6.18. The molecule has 0 radical (unpaired) electrons. The van der Waals surface area contributed by atoms with Gasteiger partial charge in [0.2, 0.25) is 0 Å². The van der Waals surface area contributed by atoms with Crippen molar-refractivity contribution in [1.82, 2.24) is 9.88 Å². The van der Waals surface area contributed by atoms with E-state index in [9.17, 15) is 4.79 Å². The molecule has 1 aliphatic heterocycles. The number of amides is 1. The molecular weight excluding hydrogens is 368 g/mol. The van der Waals surface area contributed by atoms with Crippen molar-refractivity contribution in [3.63, 3.8) is 0 Å². The molecule has 4 rings (SSSR count). The molecular formula is C22H24N4OS. The Bertz CT molecular complexity index is 932. The smallest absolute Gasteiger partial charge is 0.255 e. The summed E-state index contributed by atoms with van der Waals surface area (Å²) in [6.45, 7) is 6.87. The van der Waals surface area contributed by atoms with E-state index >= 15 is 0 Å². The maximum atomic E-state index is 12.5. The van der Waals surface area contributed by atoms with Crippen LogP contribution in [0.4, 0.5) is 10.8 Å². The number of para-hydroxylation sites is 1. The van der Waals surface area contributed by atoms with Gasteiger partial charge in [0, 0.05) is 49.4 Å². The molecule has 3 aromatic rings. The van der Waals surface area contributed by atoms with Crippen molar-refractivity contribution in [1.29, 1.82) is 0 Å². The van der Waals surface area contributed by atoms with Crippen LogP contribution < -0.4 is 10.2 Å². The molecule has 1 aromatic heterocycles. The molecule has 1 amide bonds. The predicted octanol–water partition coefficient (Wildman–Crippen LogP) is 4.03. The van der Waals surface area contributed by atoms with Crippen LogP contribution in [0.15, 0.2) is 60.0 Å². The maximum absolute atomic E-state index is 12.5. The van der Waals surface area contributed by atoms with E-state index in [1.165, 1.54) is 5.56 Å². The summed E-state index contributed by atoms with van der Waals surface area (Å²) in [5.41, 5.74) is 3.76. The second-order valence-corrected chi connectivity index (χ2v) is 7.89. The molecule has 0 atom stereocenters. The Balaban J connectivity index is 1.34. The summed E-state index contributed by atoms with van der Waals surface area (Å²) in [4.78, 5) is 21.9. The highest BCUT2D eigenvalue weighted by atomic mass is 32.1. The highest BCUT2D eigenvalue weighted by Crippen LogP contribution is 2.22. The van der Waals surface area contributed by atoms with E-state index in [0.717, 1.165) is 49.2 Å². The van der Waals surface area contributed by atoms with Crippen LogP contribution >= 0.6 is 11.3 Å². The van der Waals surface area contributed by atoms with Crippen molar-refractivity contribution in [2.75, 3.05) is 36.4 Å². The first-order valence-electron chi connectivity index (χ1n) is 9.52. The Morgan fingerprint density at radius 3 is 2.57 bits per heavy atom. The Labute approximate surface area is 169 Å². The Morgan fingerprint density at radius 2 is 1.86 bits per heavy atom. The third-order valence-electron chi connectivity index (χ3n) is 4.88. The molecule has 0 aliphatic carbocycles. The van der Waals surface area contributed by atoms with Gasteiger partial charge in [0.15, 0.2) is 5.13 Å². The molecule has 2 aromatic carbocycles. The van der Waals surface area contributed by atoms with Gasteiger partial charge in [0.05, 0.1) is 5.69 Å². The first kappa shape index (κ1) is 18.7. The van der Waals surface area contributed by atoms with Crippen LogP contribution in [0.2, 0.25) is 0 Å². The number of hydrogen-bond donors (Lipinski definition) is 1. The highest BCUT2D eigenvalue weighted by molar-refractivity contribution is 7.13. The van der Waals surface area contributed by atoms with Crippen molar-refractivity contribution in [3.8, 4) is 0 Å². The predicted molar refractivity (Wildman–Crippen MR) is 115 cm³/mol. The largest absolute Gasteiger partial charge is 0.346 e. The lowest BCUT2D eigenvalue weighted by Crippen LogP contribution is -2.45. The third-order valence-corrected chi connectivity index (χ3v) is 5.90. The quantitative estimate of drug-likeness (QED) is 0.712. The molecule has 2 heterocycles. The van der Waals surface area contributed by atoms with Gasteiger partial charge in [-0.25, -0.2) is 4.98 Å². The zero-order chi connectivity index (χ0) is 19.3. The molecule has 6 heteroatoms. The average molecular weight is 393 g/mol. The van der Waals surface area contributed by atoms with Gasteiger partial charge in [-0.1, -0.05) is 30.3 Å². The lowest BCUT2D eigenvalue weighted by molar-refractivity contribution is 0.102. The molecule has 1 saturated heterocycles. The Hall–Kier alpha value is -2.70. The number of benzene rings is 2. The normalized spacial score (nSPS) is 14.8. The van der Waals surface area contributed by atoms with Crippen molar-refractivity contribution in [3.05, 3.63) is 76.8 Å². The number of rotatable bonds is 5. The average Bonchev–Trinajstić information content (AvgIpc) is 3.16. The molecule has 28 heavy (non-hydrogen) atoms. The summed E-state index contributed by atoms with van der Waals surface area (Å²) in [5.74, 6) is -0.0722. The van der Waals surface area contributed by atoms with Crippen LogP contribution in [0.1, 0.15) is 21.6 Å². The summed E-state index contributed by atoms with van der Waals surface area (Å²) >= 11 is 1.72. The molecule has 144 valence electrons. The number of anilines is 2. The van der Waals surface area contributed by atoms with Crippen molar-refractivity contribution in [2.24, 2.45) is 0 Å². The lowest BCUT2D eigenvalue weighted by atomic mass is 10.1. The second kappa shape index (κ2) is 8.54. The first-order chi connectivity index (χ1) is 13.7. The van der Waals surface area contributed by atoms with Gasteiger partial charge in [0.1, 0.15) is 0 Å². The second-order valence-electron chi connectivity index (χ2n) is 7.06. The van der Waals surface area contributed by atoms with E-state index in [4.69, 9.17) is 0 Å². The fraction of sp³-hybridized carbons (Fsp3) is 0.273. The molecule has 0 spiro atoms. The van der Waals surface area contributed by atoms with Gasteiger partial charge in [0.25, 0.3) is 5.91 Å². The fourth-order valence-electron chi connectivity index (χ4n) is 3.38. The Kier molecular flexibility index (Phi) is 5.69. The minimum Gasteiger partial charge on any atom is -0.346 e. The van der Waals surface area contributed by atoms with Gasteiger partial charge >= 0.3 is 0 Å². The number of carbonyl (C=O) groups excluding carboxylic acids is 1. The summed E-state index contributed by atoms with van der Waals surface area (Å²) in [7, 11) is 0. The Morgan fingerprint density at radius 1 is 1.07 bits per heavy atom. The molecule has 0 bridgehead atoms. The summed E-state index contributed by atoms with van der Waals surface area (Å²) in [6, 6.07) is 17.5. The van der Waals surface area contributed by atoms with E-state index in [-0.39, 0.29) is 5.91 Å². The SMILES string of the molecule is Cc1csc(N2CCN(Cc3cccc(C(=O)Nc4ccccc4)c3)CC2)n1. The third kappa shape index (κ3) is 4.58. The number of nitrogens with one attached hydrogen (secondary N) is 1. The number of aromatic nitrogens is 1. The van der Waals surface area contributed by atoms with Crippen LogP contribution in [0.3, 0.4) is 0 Å². The van der Waals surface area contributed by atoms with Gasteiger partial charge in [-0.15, -0.1) is 11.3 Å². The number of hydrogen-bond acceptors (Lipinski definition) is 5. The molecule has 0 unspecified atom stereocenters. The van der Waals surface area contributed by atoms with Crippen LogP contribution in [-0.2, 0) is 6.54 Å². The summed E-state index contributed by atoms with van der Waals surface area (Å²) in [6.07, 6.45) is 0. The molecule has 5 nitrogen and oxygen atoms in total. The number of nitrogens with zero attached hydrogens (tertiary/aromatic N) is 3. The number of aryl methyl sites for hydroxylation is 1. The topological polar surface area (TPSA) is 48.5 Å². The first-order valence-corrected chi connectivity index (χ1v) is 10.4. The van der Waals surface area contributed by atoms with Crippen molar-refractivity contribution < 1.29 is 4.79 Å². The standard InChI is InChI=1S/C22H24N4OS/c1-17-16-28-22(23-17)26-12-10-25(11-13-26)15-18-6-5-7-19(14-18)21(27)24-20-8-3-2-4-9-20/h2-9,14,16H,10-13,15H2,1H3,(H,24,27). The molecule has 0 saturated carbocycles. The fourth-order valence-corrected chi connectivity index (χ4v) is 4.23. The van der Waals surface area contributed by atoms with Crippen LogP contribution in [0, 0.1) is 6.92 Å². The van der Waals surface area contributed by atoms with Crippen molar-refractivity contribution in [2.45, 2.75) is 13.5 Å². The van der Waals surface area contributed by atoms with E-state index in [1.807, 2.05) is 55.5 Å². The monoisotopic (exact) mass is 392 g/mol. The minimum atomic E-state index is -0.0722. The number of thiazole rings is 1. The van der Waals surface area contributed by atoms with E-state index in [2.05, 4.69) is 31.5 Å². The molecule has 1 N–H and O–H groups in total. The van der Waals surface area contributed by atoms with Gasteiger partial charge in [-0.2, -0.15) is 0 Å². The molecule has 1 aliphatic rings. The molecule has 1 fully saturated rings. The number of piperazine rings is 1. The van der Waals surface area contributed by atoms with E-state index < -0.39 is 0 Å². The highest BCUT2D eigenvalue weighted by Gasteiger charge is 2.19. The summed E-state index contributed by atoms with van der Waals surface area (Å²) < 4.78 is 0. The van der Waals surface area contributed by atoms with Crippen LogP contribution in [0.5, 0.6) is 0 Å². The zero-order valence-electron chi connectivity index (χ0n) is 16.0. The van der Waals surface area contributed by atoms with E-state index in [0.29, 0.717) is 5.56 Å². The maximum Gasteiger partial charge on any atom is 0.255 e. The van der Waals surface area contributed by atoms with Crippen molar-refractivity contribution >= 4 is 28.1 Å². The van der Waals surface area contributed by atoms with Crippen LogP contribution in [0.25, 0.3) is 0 Å². The number of carbonyl (C=O) groups is 1. The minimum absolute atomic E-state index is 0.0722. The van der Waals surface area contributed by atoms with Gasteiger partial charge in [-0.05, 0) is 36.8 Å². The van der Waals surface area contributed by atoms with Gasteiger partial charge in [-0.3, -0.25) is 9.69 Å².